The van der Waals surface area contributed by atoms with E-state index in [1.165, 1.54) is 0 Å². The number of benzene rings is 2. The van der Waals surface area contributed by atoms with E-state index < -0.39 is 17.7 Å². The van der Waals surface area contributed by atoms with Gasteiger partial charge in [0.15, 0.2) is 0 Å². The molecule has 238 valence electrons. The Morgan fingerprint density at radius 3 is 2.64 bits per heavy atom. The summed E-state index contributed by atoms with van der Waals surface area (Å²) in [5.41, 5.74) is 1.25. The van der Waals surface area contributed by atoms with Crippen molar-refractivity contribution in [1.82, 2.24) is 25.1 Å². The maximum absolute atomic E-state index is 13.5. The maximum atomic E-state index is 13.5. The second kappa shape index (κ2) is 13.3. The molecule has 0 bridgehead atoms. The number of ether oxygens (including phenoxy) is 2. The normalized spacial score (nSPS) is 19.0. The van der Waals surface area contributed by atoms with Crippen LogP contribution in [0.5, 0.6) is 5.88 Å². The van der Waals surface area contributed by atoms with Crippen molar-refractivity contribution in [3.05, 3.63) is 59.4 Å². The third kappa shape index (κ3) is 7.45. The lowest BCUT2D eigenvalue weighted by atomic mass is 9.94. The number of hydrogen-bond donors (Lipinski definition) is 1. The van der Waals surface area contributed by atoms with E-state index in [1.807, 2.05) is 69.8 Å². The fourth-order valence-electron chi connectivity index (χ4n) is 6.12. The first-order valence-corrected chi connectivity index (χ1v) is 15.6. The van der Waals surface area contributed by atoms with Gasteiger partial charge in [-0.2, -0.15) is 10.2 Å². The molecule has 3 heterocycles. The number of piperazine rings is 1. The van der Waals surface area contributed by atoms with Crippen molar-refractivity contribution in [1.29, 1.82) is 5.26 Å². The van der Waals surface area contributed by atoms with E-state index in [-0.39, 0.29) is 30.3 Å². The Balaban J connectivity index is 1.49. The first-order valence-electron chi connectivity index (χ1n) is 15.6. The summed E-state index contributed by atoms with van der Waals surface area (Å²) in [6.45, 7) is 9.23. The SMILES string of the molecule is C[C@H](CN(C)C)NC(=O)c1nc2c(c(N3CCN(C(=O)OC(C)(C)C)[C@@H](CC#N)C3)n1)CCC(c1cccc3ccccc13)O2. The Morgan fingerprint density at radius 2 is 1.91 bits per heavy atom. The average Bonchev–Trinajstić information content (AvgIpc) is 2.98. The highest BCUT2D eigenvalue weighted by Crippen LogP contribution is 2.40. The van der Waals surface area contributed by atoms with E-state index in [4.69, 9.17) is 14.5 Å². The first-order chi connectivity index (χ1) is 21.4. The molecule has 1 N–H and O–H groups in total. The molecule has 0 spiro atoms. The highest BCUT2D eigenvalue weighted by atomic mass is 16.6. The number of likely N-dealkylation sites (N-methyl/N-ethyl adjacent to an activating group) is 1. The van der Waals surface area contributed by atoms with Crippen LogP contribution in [0.2, 0.25) is 0 Å². The van der Waals surface area contributed by atoms with Crippen LogP contribution >= 0.6 is 0 Å². The predicted molar refractivity (Wildman–Crippen MR) is 172 cm³/mol. The van der Waals surface area contributed by atoms with Crippen LogP contribution in [0.15, 0.2) is 42.5 Å². The summed E-state index contributed by atoms with van der Waals surface area (Å²) in [4.78, 5) is 41.7. The van der Waals surface area contributed by atoms with E-state index >= 15 is 0 Å². The van der Waals surface area contributed by atoms with Gasteiger partial charge in [0.1, 0.15) is 17.5 Å². The number of anilines is 1. The number of nitriles is 1. The van der Waals surface area contributed by atoms with Crippen LogP contribution in [-0.4, -0.2) is 89.7 Å². The van der Waals surface area contributed by atoms with Crippen molar-refractivity contribution < 1.29 is 19.1 Å². The lowest BCUT2D eigenvalue weighted by Crippen LogP contribution is -2.56. The van der Waals surface area contributed by atoms with Crippen LogP contribution in [0.1, 0.15) is 68.4 Å². The number of rotatable bonds is 7. The Kier molecular flexibility index (Phi) is 9.44. The second-order valence-electron chi connectivity index (χ2n) is 13.1. The van der Waals surface area contributed by atoms with Crippen molar-refractivity contribution in [2.75, 3.05) is 45.2 Å². The Bertz CT molecular complexity index is 1590. The molecule has 1 unspecified atom stereocenters. The number of carbonyl (C=O) groups is 2. The number of fused-ring (bicyclic) bond motifs is 2. The van der Waals surface area contributed by atoms with Crippen molar-refractivity contribution in [3.63, 3.8) is 0 Å². The van der Waals surface area contributed by atoms with Gasteiger partial charge in [-0.05, 0) is 65.4 Å². The third-order valence-electron chi connectivity index (χ3n) is 7.98. The molecule has 1 saturated heterocycles. The molecule has 0 saturated carbocycles. The highest BCUT2D eigenvalue weighted by Gasteiger charge is 2.37. The van der Waals surface area contributed by atoms with Crippen LogP contribution in [0.25, 0.3) is 10.8 Å². The summed E-state index contributed by atoms with van der Waals surface area (Å²) in [6, 6.07) is 16.1. The average molecular weight is 614 g/mol. The zero-order valence-corrected chi connectivity index (χ0v) is 27.0. The van der Waals surface area contributed by atoms with Gasteiger partial charge in [0.05, 0.1) is 24.1 Å². The molecular formula is C34H43N7O4. The number of nitrogens with one attached hydrogen (secondary N) is 1. The van der Waals surface area contributed by atoms with Gasteiger partial charge >= 0.3 is 6.09 Å². The van der Waals surface area contributed by atoms with Crippen LogP contribution in [0.4, 0.5) is 10.6 Å². The molecule has 2 aromatic carbocycles. The highest BCUT2D eigenvalue weighted by molar-refractivity contribution is 5.91. The molecule has 3 atom stereocenters. The third-order valence-corrected chi connectivity index (χ3v) is 7.98. The molecule has 2 aliphatic rings. The van der Waals surface area contributed by atoms with Gasteiger partial charge in [-0.3, -0.25) is 4.79 Å². The summed E-state index contributed by atoms with van der Waals surface area (Å²) in [6.07, 6.45) is 0.807. The van der Waals surface area contributed by atoms with Gasteiger partial charge < -0.3 is 29.5 Å². The predicted octanol–water partition coefficient (Wildman–Crippen LogP) is 4.72. The summed E-state index contributed by atoms with van der Waals surface area (Å²) in [5.74, 6) is 0.638. The van der Waals surface area contributed by atoms with Gasteiger partial charge in [0.2, 0.25) is 11.7 Å². The standard InChI is InChI=1S/C34H43N7O4/c1-22(20-39(5)6)36-31(42)29-37-30(40-18-19-41(24(21-40)16-17-35)33(43)45-34(2,3)4)27-14-15-28(44-32(27)38-29)26-13-9-11-23-10-7-8-12-25(23)26/h7-13,22,24,28H,14-16,18-21H2,1-6H3,(H,36,42)/t22-,24+,28?/m1/s1. The minimum atomic E-state index is -0.652. The molecule has 2 aliphatic heterocycles. The molecule has 45 heavy (non-hydrogen) atoms. The van der Waals surface area contributed by atoms with E-state index in [9.17, 15) is 14.9 Å². The minimum absolute atomic E-state index is 0.0272. The molecule has 3 aromatic rings. The molecule has 0 aliphatic carbocycles. The number of amides is 2. The lowest BCUT2D eigenvalue weighted by Gasteiger charge is -2.42. The summed E-state index contributed by atoms with van der Waals surface area (Å²) < 4.78 is 12.2. The van der Waals surface area contributed by atoms with Crippen LogP contribution < -0.4 is 15.0 Å². The fraction of sp³-hybridized carbons (Fsp3) is 0.500. The number of aromatic nitrogens is 2. The molecule has 0 radical (unpaired) electrons. The monoisotopic (exact) mass is 613 g/mol. The summed E-state index contributed by atoms with van der Waals surface area (Å²) >= 11 is 0. The Labute approximate surface area is 265 Å². The summed E-state index contributed by atoms with van der Waals surface area (Å²) in [7, 11) is 3.90. The number of carbonyl (C=O) groups excluding carboxylic acids is 2. The minimum Gasteiger partial charge on any atom is -0.469 e. The van der Waals surface area contributed by atoms with Gasteiger partial charge in [-0.15, -0.1) is 0 Å². The molecule has 2 amide bonds. The largest absolute Gasteiger partial charge is 0.469 e. The molecule has 1 fully saturated rings. The Morgan fingerprint density at radius 1 is 1.16 bits per heavy atom. The van der Waals surface area contributed by atoms with Gasteiger partial charge in [-0.1, -0.05) is 42.5 Å². The van der Waals surface area contributed by atoms with Gasteiger partial charge in [-0.25, -0.2) is 9.78 Å². The quantitative estimate of drug-likeness (QED) is 0.403. The smallest absolute Gasteiger partial charge is 0.410 e. The molecule has 5 rings (SSSR count). The fourth-order valence-corrected chi connectivity index (χ4v) is 6.12. The lowest BCUT2D eigenvalue weighted by molar-refractivity contribution is 0.0144. The maximum Gasteiger partial charge on any atom is 0.410 e. The Hall–Kier alpha value is -4.43. The van der Waals surface area contributed by atoms with E-state index in [1.54, 1.807) is 4.90 Å². The zero-order valence-electron chi connectivity index (χ0n) is 27.0. The molecular weight excluding hydrogens is 570 g/mol. The van der Waals surface area contributed by atoms with Crippen LogP contribution in [-0.2, 0) is 11.2 Å². The molecule has 1 aromatic heterocycles. The van der Waals surface area contributed by atoms with E-state index in [0.717, 1.165) is 21.9 Å². The topological polar surface area (TPSA) is 124 Å². The summed E-state index contributed by atoms with van der Waals surface area (Å²) in [5, 5.41) is 14.9. The van der Waals surface area contributed by atoms with Gasteiger partial charge in [0, 0.05) is 37.8 Å². The second-order valence-corrected chi connectivity index (χ2v) is 13.1. The van der Waals surface area contributed by atoms with Crippen molar-refractivity contribution in [2.45, 2.75) is 70.7 Å². The van der Waals surface area contributed by atoms with Crippen LogP contribution in [0, 0.1) is 11.3 Å². The zero-order chi connectivity index (χ0) is 32.3. The molecule has 11 heteroatoms. The van der Waals surface area contributed by atoms with Crippen molar-refractivity contribution in [3.8, 4) is 11.9 Å². The van der Waals surface area contributed by atoms with Crippen molar-refractivity contribution in [2.24, 2.45) is 0 Å². The van der Waals surface area contributed by atoms with Gasteiger partial charge in [0.25, 0.3) is 5.91 Å². The first kappa shape index (κ1) is 32.0. The van der Waals surface area contributed by atoms with E-state index in [0.29, 0.717) is 50.7 Å². The van der Waals surface area contributed by atoms with E-state index in [2.05, 4.69) is 40.6 Å². The number of hydrogen-bond acceptors (Lipinski definition) is 9. The molecule has 11 nitrogen and oxygen atoms in total. The van der Waals surface area contributed by atoms with Crippen molar-refractivity contribution >= 4 is 28.6 Å². The van der Waals surface area contributed by atoms with Crippen LogP contribution in [0.3, 0.4) is 0 Å². The number of nitrogens with zero attached hydrogens (tertiary/aromatic N) is 6.